The van der Waals surface area contributed by atoms with Crippen LogP contribution in [0.1, 0.15) is 40.0 Å². The molecular weight excluding hydrogens is 196 g/mol. The average Bonchev–Trinajstić information content (AvgIpc) is 2.76. The van der Waals surface area contributed by atoms with Gasteiger partial charge in [0.25, 0.3) is 0 Å². The van der Waals surface area contributed by atoms with E-state index in [1.807, 2.05) is 0 Å². The Labute approximate surface area is 100.0 Å². The minimum Gasteiger partial charge on any atom is -0.303 e. The van der Waals surface area contributed by atoms with Gasteiger partial charge < -0.3 is 4.90 Å². The molecule has 0 aromatic rings. The summed E-state index contributed by atoms with van der Waals surface area (Å²) in [4.78, 5) is 5.38. The first-order chi connectivity index (χ1) is 7.37. The van der Waals surface area contributed by atoms with Gasteiger partial charge in [-0.2, -0.15) is 0 Å². The SMILES string of the molecule is CN1CCN2CC3(CC3)CC2(C(C)(C)C)C1. The van der Waals surface area contributed by atoms with Crippen molar-refractivity contribution in [3.63, 3.8) is 0 Å². The van der Waals surface area contributed by atoms with Crippen molar-refractivity contribution in [3.05, 3.63) is 0 Å². The lowest BCUT2D eigenvalue weighted by Crippen LogP contribution is -2.64. The zero-order valence-electron chi connectivity index (χ0n) is 11.3. The molecule has 16 heavy (non-hydrogen) atoms. The maximum Gasteiger partial charge on any atom is 0.0391 e. The van der Waals surface area contributed by atoms with E-state index in [1.165, 1.54) is 45.4 Å². The third-order valence-corrected chi connectivity index (χ3v) is 5.44. The first-order valence-electron chi connectivity index (χ1n) is 6.81. The van der Waals surface area contributed by atoms with Crippen molar-refractivity contribution < 1.29 is 0 Å². The average molecular weight is 222 g/mol. The molecule has 1 atom stereocenters. The van der Waals surface area contributed by atoms with Crippen LogP contribution in [-0.4, -0.2) is 48.6 Å². The Morgan fingerprint density at radius 1 is 1.00 bits per heavy atom. The van der Waals surface area contributed by atoms with E-state index >= 15 is 0 Å². The summed E-state index contributed by atoms with van der Waals surface area (Å²) in [5.41, 5.74) is 1.60. The van der Waals surface area contributed by atoms with Crippen LogP contribution >= 0.6 is 0 Å². The van der Waals surface area contributed by atoms with E-state index in [0.29, 0.717) is 11.0 Å². The number of fused-ring (bicyclic) bond motifs is 1. The minimum atomic E-state index is 0.410. The van der Waals surface area contributed by atoms with Gasteiger partial charge in [-0.3, -0.25) is 4.90 Å². The number of nitrogens with zero attached hydrogens (tertiary/aromatic N) is 2. The summed E-state index contributed by atoms with van der Waals surface area (Å²) in [7, 11) is 2.29. The lowest BCUT2D eigenvalue weighted by molar-refractivity contribution is -0.0349. The van der Waals surface area contributed by atoms with Crippen molar-refractivity contribution in [2.45, 2.75) is 45.6 Å². The van der Waals surface area contributed by atoms with Crippen molar-refractivity contribution >= 4 is 0 Å². The number of hydrogen-bond acceptors (Lipinski definition) is 2. The second-order valence-electron chi connectivity index (χ2n) is 7.62. The van der Waals surface area contributed by atoms with Crippen LogP contribution in [-0.2, 0) is 0 Å². The molecule has 92 valence electrons. The van der Waals surface area contributed by atoms with Gasteiger partial charge in [0.15, 0.2) is 0 Å². The fourth-order valence-electron chi connectivity index (χ4n) is 4.10. The smallest absolute Gasteiger partial charge is 0.0391 e. The predicted molar refractivity (Wildman–Crippen MR) is 67.5 cm³/mol. The highest BCUT2D eigenvalue weighted by Crippen LogP contribution is 2.62. The number of piperazine rings is 1. The monoisotopic (exact) mass is 222 g/mol. The highest BCUT2D eigenvalue weighted by Gasteiger charge is 2.63. The van der Waals surface area contributed by atoms with E-state index < -0.39 is 0 Å². The highest BCUT2D eigenvalue weighted by atomic mass is 15.3. The predicted octanol–water partition coefficient (Wildman–Crippen LogP) is 2.20. The molecule has 0 N–H and O–H groups in total. The van der Waals surface area contributed by atoms with E-state index in [-0.39, 0.29) is 0 Å². The third-order valence-electron chi connectivity index (χ3n) is 5.44. The van der Waals surface area contributed by atoms with E-state index in [9.17, 15) is 0 Å². The van der Waals surface area contributed by atoms with Crippen LogP contribution in [0.2, 0.25) is 0 Å². The molecular formula is C14H26N2. The molecule has 2 aliphatic heterocycles. The van der Waals surface area contributed by atoms with Gasteiger partial charge in [0.1, 0.15) is 0 Å². The van der Waals surface area contributed by atoms with Crippen molar-refractivity contribution in [1.82, 2.24) is 9.80 Å². The first kappa shape index (κ1) is 11.0. The Morgan fingerprint density at radius 3 is 2.25 bits per heavy atom. The molecule has 0 amide bonds. The molecule has 3 fully saturated rings. The highest BCUT2D eigenvalue weighted by molar-refractivity contribution is 5.17. The zero-order valence-corrected chi connectivity index (χ0v) is 11.3. The molecule has 2 heterocycles. The van der Waals surface area contributed by atoms with Gasteiger partial charge in [0, 0.05) is 31.7 Å². The van der Waals surface area contributed by atoms with Gasteiger partial charge in [-0.15, -0.1) is 0 Å². The number of hydrogen-bond donors (Lipinski definition) is 0. The second kappa shape index (κ2) is 3.02. The third kappa shape index (κ3) is 1.39. The van der Waals surface area contributed by atoms with Gasteiger partial charge in [-0.25, -0.2) is 0 Å². The molecule has 1 saturated carbocycles. The molecule has 3 aliphatic rings. The van der Waals surface area contributed by atoms with E-state index in [0.717, 1.165) is 5.41 Å². The van der Waals surface area contributed by atoms with E-state index in [4.69, 9.17) is 0 Å². The summed E-state index contributed by atoms with van der Waals surface area (Å²) in [5, 5.41) is 0. The van der Waals surface area contributed by atoms with Crippen molar-refractivity contribution in [2.24, 2.45) is 10.8 Å². The zero-order chi connectivity index (χ0) is 11.6. The Morgan fingerprint density at radius 2 is 1.69 bits per heavy atom. The molecule has 2 saturated heterocycles. The topological polar surface area (TPSA) is 6.48 Å². The van der Waals surface area contributed by atoms with Crippen LogP contribution in [0.15, 0.2) is 0 Å². The summed E-state index contributed by atoms with van der Waals surface area (Å²) >= 11 is 0. The normalized spacial score (nSPS) is 39.0. The molecule has 2 nitrogen and oxygen atoms in total. The van der Waals surface area contributed by atoms with Gasteiger partial charge in [0.2, 0.25) is 0 Å². The van der Waals surface area contributed by atoms with E-state index in [2.05, 4.69) is 37.6 Å². The fraction of sp³-hybridized carbons (Fsp3) is 1.00. The first-order valence-corrected chi connectivity index (χ1v) is 6.81. The summed E-state index contributed by atoms with van der Waals surface area (Å²) in [6.07, 6.45) is 4.43. The Balaban J connectivity index is 1.95. The molecule has 0 aromatic carbocycles. The fourth-order valence-corrected chi connectivity index (χ4v) is 4.10. The maximum absolute atomic E-state index is 2.83. The summed E-state index contributed by atoms with van der Waals surface area (Å²) < 4.78 is 0. The van der Waals surface area contributed by atoms with Crippen LogP contribution in [0, 0.1) is 10.8 Å². The summed E-state index contributed by atoms with van der Waals surface area (Å²) in [5.74, 6) is 0. The molecule has 1 spiro atoms. The molecule has 0 radical (unpaired) electrons. The molecule has 1 unspecified atom stereocenters. The lowest BCUT2D eigenvalue weighted by Gasteiger charge is -2.53. The standard InChI is InChI=1S/C14H26N2/c1-12(2,3)14-9-13(5-6-13)10-16(14)8-7-15(4)11-14/h5-11H2,1-4H3. The van der Waals surface area contributed by atoms with Crippen molar-refractivity contribution in [1.29, 1.82) is 0 Å². The number of likely N-dealkylation sites (N-methyl/N-ethyl adjacent to an activating group) is 1. The number of rotatable bonds is 0. The molecule has 0 aromatic heterocycles. The van der Waals surface area contributed by atoms with Crippen LogP contribution in [0.5, 0.6) is 0 Å². The molecule has 1 aliphatic carbocycles. The molecule has 3 rings (SSSR count). The van der Waals surface area contributed by atoms with Crippen LogP contribution in [0.25, 0.3) is 0 Å². The van der Waals surface area contributed by atoms with Gasteiger partial charge in [-0.05, 0) is 37.1 Å². The van der Waals surface area contributed by atoms with Gasteiger partial charge >= 0.3 is 0 Å². The van der Waals surface area contributed by atoms with Crippen LogP contribution < -0.4 is 0 Å². The Bertz CT molecular complexity index is 300. The van der Waals surface area contributed by atoms with Crippen molar-refractivity contribution in [2.75, 3.05) is 33.2 Å². The van der Waals surface area contributed by atoms with Crippen molar-refractivity contribution in [3.8, 4) is 0 Å². The lowest BCUT2D eigenvalue weighted by atomic mass is 9.69. The largest absolute Gasteiger partial charge is 0.303 e. The van der Waals surface area contributed by atoms with Gasteiger partial charge in [-0.1, -0.05) is 20.8 Å². The Kier molecular flexibility index (Phi) is 2.09. The second-order valence-corrected chi connectivity index (χ2v) is 7.62. The van der Waals surface area contributed by atoms with Gasteiger partial charge in [0.05, 0.1) is 0 Å². The summed E-state index contributed by atoms with van der Waals surface area (Å²) in [6, 6.07) is 0. The molecule has 0 bridgehead atoms. The molecule has 2 heteroatoms. The quantitative estimate of drug-likeness (QED) is 0.620. The summed E-state index contributed by atoms with van der Waals surface area (Å²) in [6.45, 7) is 12.5. The minimum absolute atomic E-state index is 0.410. The van der Waals surface area contributed by atoms with Crippen LogP contribution in [0.4, 0.5) is 0 Å². The van der Waals surface area contributed by atoms with Crippen LogP contribution in [0.3, 0.4) is 0 Å². The maximum atomic E-state index is 2.83. The Hall–Kier alpha value is -0.0800. The van der Waals surface area contributed by atoms with E-state index in [1.54, 1.807) is 0 Å².